The van der Waals surface area contributed by atoms with Gasteiger partial charge in [0.25, 0.3) is 5.91 Å². The van der Waals surface area contributed by atoms with Gasteiger partial charge in [-0.2, -0.15) is 5.10 Å². The number of benzene rings is 2. The molecule has 0 aliphatic heterocycles. The lowest BCUT2D eigenvalue weighted by molar-refractivity contribution is 0.0952. The Morgan fingerprint density at radius 2 is 2.05 bits per heavy atom. The molecule has 0 aromatic heterocycles. The highest BCUT2D eigenvalue weighted by atomic mass is 16.5. The molecule has 0 aliphatic rings. The highest BCUT2D eigenvalue weighted by Crippen LogP contribution is 2.22. The summed E-state index contributed by atoms with van der Waals surface area (Å²) in [5.74, 6) is -0.0571. The highest BCUT2D eigenvalue weighted by Gasteiger charge is 2.11. The van der Waals surface area contributed by atoms with Crippen molar-refractivity contribution in [2.24, 2.45) is 5.10 Å². The molecule has 0 unspecified atom stereocenters. The van der Waals surface area contributed by atoms with Crippen LogP contribution in [-0.4, -0.2) is 29.4 Å². The number of carbonyl (C=O) groups is 1. The van der Waals surface area contributed by atoms with E-state index in [2.05, 4.69) is 10.5 Å². The van der Waals surface area contributed by atoms with Gasteiger partial charge in [0.05, 0.1) is 18.9 Å². The molecule has 0 atom stereocenters. The molecule has 2 aromatic rings. The maximum atomic E-state index is 11.9. The van der Waals surface area contributed by atoms with Crippen LogP contribution in [0.5, 0.6) is 17.2 Å². The minimum Gasteiger partial charge on any atom is -0.507 e. The molecule has 1 amide bonds. The van der Waals surface area contributed by atoms with Gasteiger partial charge in [0.1, 0.15) is 17.2 Å². The van der Waals surface area contributed by atoms with Gasteiger partial charge in [0, 0.05) is 5.56 Å². The van der Waals surface area contributed by atoms with Crippen LogP contribution in [0.2, 0.25) is 0 Å². The summed E-state index contributed by atoms with van der Waals surface area (Å²) in [5.41, 5.74) is 3.43. The van der Waals surface area contributed by atoms with Gasteiger partial charge in [-0.25, -0.2) is 5.43 Å². The molecule has 0 heterocycles. The van der Waals surface area contributed by atoms with Crippen LogP contribution in [0.4, 0.5) is 0 Å². The zero-order valence-corrected chi connectivity index (χ0v) is 12.2. The predicted octanol–water partition coefficient (Wildman–Crippen LogP) is 2.18. The molecule has 2 rings (SSSR count). The number of aryl methyl sites for hydroxylation is 1. The first-order chi connectivity index (χ1) is 10.5. The number of carbonyl (C=O) groups excluding carboxylic acids is 1. The van der Waals surface area contributed by atoms with E-state index in [4.69, 9.17) is 4.74 Å². The number of para-hydroxylation sites is 1. The molecule has 114 valence electrons. The van der Waals surface area contributed by atoms with E-state index >= 15 is 0 Å². The Kier molecular flexibility index (Phi) is 4.63. The van der Waals surface area contributed by atoms with Crippen LogP contribution in [0.3, 0.4) is 0 Å². The molecule has 0 aliphatic carbocycles. The number of amides is 1. The molecule has 3 N–H and O–H groups in total. The lowest BCUT2D eigenvalue weighted by atomic mass is 10.1. The zero-order chi connectivity index (χ0) is 16.1. The van der Waals surface area contributed by atoms with E-state index in [-0.39, 0.29) is 17.1 Å². The highest BCUT2D eigenvalue weighted by molar-refractivity contribution is 5.97. The number of phenols is 2. The van der Waals surface area contributed by atoms with E-state index in [1.165, 1.54) is 25.5 Å². The number of aromatic hydroxyl groups is 2. The summed E-state index contributed by atoms with van der Waals surface area (Å²) in [5, 5.41) is 23.3. The van der Waals surface area contributed by atoms with Crippen molar-refractivity contribution >= 4 is 12.1 Å². The number of hydrazone groups is 1. The molecule has 0 saturated heterocycles. The Balaban J connectivity index is 2.12. The summed E-state index contributed by atoms with van der Waals surface area (Å²) in [7, 11) is 1.51. The molecular formula is C16H16N2O4. The average molecular weight is 300 g/mol. The van der Waals surface area contributed by atoms with Crippen molar-refractivity contribution in [2.45, 2.75) is 6.92 Å². The fraction of sp³-hybridized carbons (Fsp3) is 0.125. The van der Waals surface area contributed by atoms with E-state index in [9.17, 15) is 15.0 Å². The third-order valence-electron chi connectivity index (χ3n) is 3.09. The molecule has 6 nitrogen and oxygen atoms in total. The van der Waals surface area contributed by atoms with Crippen molar-refractivity contribution in [2.75, 3.05) is 7.11 Å². The molecular weight excluding hydrogens is 284 g/mol. The lowest BCUT2D eigenvalue weighted by Gasteiger charge is -2.05. The van der Waals surface area contributed by atoms with Crippen LogP contribution in [0.1, 0.15) is 21.5 Å². The number of nitrogens with one attached hydrogen (secondary N) is 1. The van der Waals surface area contributed by atoms with Crippen LogP contribution in [0, 0.1) is 6.92 Å². The van der Waals surface area contributed by atoms with Crippen molar-refractivity contribution in [3.63, 3.8) is 0 Å². The topological polar surface area (TPSA) is 91.2 Å². The first-order valence-electron chi connectivity index (χ1n) is 6.52. The van der Waals surface area contributed by atoms with Crippen LogP contribution in [-0.2, 0) is 0 Å². The van der Waals surface area contributed by atoms with Crippen LogP contribution in [0.15, 0.2) is 41.5 Å². The van der Waals surface area contributed by atoms with E-state index < -0.39 is 5.91 Å². The molecule has 0 radical (unpaired) electrons. The second-order valence-corrected chi connectivity index (χ2v) is 4.59. The summed E-state index contributed by atoms with van der Waals surface area (Å²) < 4.78 is 5.04. The normalized spacial score (nSPS) is 10.6. The van der Waals surface area contributed by atoms with E-state index in [1.807, 2.05) is 0 Å². The van der Waals surface area contributed by atoms with E-state index in [0.717, 1.165) is 0 Å². The number of rotatable bonds is 4. The van der Waals surface area contributed by atoms with Crippen molar-refractivity contribution < 1.29 is 19.7 Å². The van der Waals surface area contributed by atoms with Gasteiger partial charge in [-0.3, -0.25) is 4.79 Å². The second-order valence-electron chi connectivity index (χ2n) is 4.59. The van der Waals surface area contributed by atoms with Gasteiger partial charge in [-0.05, 0) is 36.8 Å². The number of hydrogen-bond acceptors (Lipinski definition) is 5. The van der Waals surface area contributed by atoms with E-state index in [0.29, 0.717) is 16.9 Å². The summed E-state index contributed by atoms with van der Waals surface area (Å²) >= 11 is 0. The van der Waals surface area contributed by atoms with Crippen molar-refractivity contribution in [1.29, 1.82) is 0 Å². The Morgan fingerprint density at radius 3 is 2.77 bits per heavy atom. The SMILES string of the molecule is COc1ccc(O)c(/C=N/NC(=O)c2cccc(C)c2O)c1. The monoisotopic (exact) mass is 300 g/mol. The Labute approximate surface area is 127 Å². The first-order valence-corrected chi connectivity index (χ1v) is 6.52. The van der Waals surface area contributed by atoms with Crippen molar-refractivity contribution in [3.8, 4) is 17.2 Å². The number of phenolic OH excluding ortho intramolecular Hbond substituents is 2. The van der Waals surface area contributed by atoms with Crippen LogP contribution >= 0.6 is 0 Å². The predicted molar refractivity (Wildman–Crippen MR) is 82.6 cm³/mol. The number of ether oxygens (including phenoxy) is 1. The van der Waals surface area contributed by atoms with Gasteiger partial charge in [0.2, 0.25) is 0 Å². The third kappa shape index (κ3) is 3.35. The number of nitrogens with zero attached hydrogens (tertiary/aromatic N) is 1. The van der Waals surface area contributed by atoms with Crippen LogP contribution < -0.4 is 10.2 Å². The quantitative estimate of drug-likeness (QED) is 0.596. The smallest absolute Gasteiger partial charge is 0.275 e. The molecule has 22 heavy (non-hydrogen) atoms. The largest absolute Gasteiger partial charge is 0.507 e. The van der Waals surface area contributed by atoms with Crippen molar-refractivity contribution in [1.82, 2.24) is 5.43 Å². The number of hydrogen-bond donors (Lipinski definition) is 3. The second kappa shape index (κ2) is 6.62. The Morgan fingerprint density at radius 1 is 1.27 bits per heavy atom. The molecule has 2 aromatic carbocycles. The summed E-state index contributed by atoms with van der Waals surface area (Å²) in [6, 6.07) is 9.51. The Bertz CT molecular complexity index is 726. The first kappa shape index (κ1) is 15.4. The molecule has 0 fully saturated rings. The van der Waals surface area contributed by atoms with Gasteiger partial charge < -0.3 is 14.9 Å². The van der Waals surface area contributed by atoms with E-state index in [1.54, 1.807) is 31.2 Å². The molecule has 6 heteroatoms. The van der Waals surface area contributed by atoms with Gasteiger partial charge in [-0.15, -0.1) is 0 Å². The molecule has 0 spiro atoms. The summed E-state index contributed by atoms with van der Waals surface area (Å²) in [4.78, 5) is 11.9. The average Bonchev–Trinajstić information content (AvgIpc) is 2.51. The van der Waals surface area contributed by atoms with Gasteiger partial charge in [0.15, 0.2) is 0 Å². The summed E-state index contributed by atoms with van der Waals surface area (Å²) in [6.07, 6.45) is 1.29. The third-order valence-corrected chi connectivity index (χ3v) is 3.09. The minimum absolute atomic E-state index is 0.0113. The fourth-order valence-corrected chi connectivity index (χ4v) is 1.83. The van der Waals surface area contributed by atoms with Crippen molar-refractivity contribution in [3.05, 3.63) is 53.1 Å². The zero-order valence-electron chi connectivity index (χ0n) is 12.2. The molecule has 0 bridgehead atoms. The summed E-state index contributed by atoms with van der Waals surface area (Å²) in [6.45, 7) is 1.70. The standard InChI is InChI=1S/C16H16N2O4/c1-10-4-3-5-13(15(10)20)16(21)18-17-9-11-8-12(22-2)6-7-14(11)19/h3-9,19-20H,1-2H3,(H,18,21)/b17-9+. The van der Waals surface area contributed by atoms with Gasteiger partial charge >= 0.3 is 0 Å². The van der Waals surface area contributed by atoms with Gasteiger partial charge in [-0.1, -0.05) is 12.1 Å². The minimum atomic E-state index is -0.542. The fourth-order valence-electron chi connectivity index (χ4n) is 1.83. The van der Waals surface area contributed by atoms with Crippen LogP contribution in [0.25, 0.3) is 0 Å². The Hall–Kier alpha value is -3.02. The maximum Gasteiger partial charge on any atom is 0.275 e. The molecule has 0 saturated carbocycles. The number of methoxy groups -OCH3 is 1. The maximum absolute atomic E-state index is 11.9. The lowest BCUT2D eigenvalue weighted by Crippen LogP contribution is -2.17.